The molecule has 0 amide bonds. The van der Waals surface area contributed by atoms with Crippen molar-refractivity contribution in [1.82, 2.24) is 10.2 Å². The third kappa shape index (κ3) is 2.70. The van der Waals surface area contributed by atoms with Gasteiger partial charge in [0.25, 0.3) is 0 Å². The highest BCUT2D eigenvalue weighted by Gasteiger charge is 2.33. The van der Waals surface area contributed by atoms with Crippen molar-refractivity contribution in [2.45, 2.75) is 32.2 Å². The van der Waals surface area contributed by atoms with Crippen molar-refractivity contribution in [2.24, 2.45) is 5.92 Å². The van der Waals surface area contributed by atoms with Crippen LogP contribution in [0.1, 0.15) is 36.4 Å². The van der Waals surface area contributed by atoms with Crippen molar-refractivity contribution in [3.63, 3.8) is 0 Å². The van der Waals surface area contributed by atoms with Gasteiger partial charge in [-0.05, 0) is 42.9 Å². The lowest BCUT2D eigenvalue weighted by Gasteiger charge is -2.43. The maximum absolute atomic E-state index is 5.40. The first-order valence-corrected chi connectivity index (χ1v) is 7.89. The summed E-state index contributed by atoms with van der Waals surface area (Å²) >= 11 is 0. The number of hydrogen-bond acceptors (Lipinski definition) is 3. The molecule has 1 heterocycles. The Morgan fingerprint density at radius 1 is 1.25 bits per heavy atom. The van der Waals surface area contributed by atoms with Gasteiger partial charge in [0.05, 0.1) is 7.11 Å². The van der Waals surface area contributed by atoms with E-state index in [4.69, 9.17) is 4.74 Å². The van der Waals surface area contributed by atoms with E-state index in [1.165, 1.54) is 43.5 Å². The SMILES string of the molecule is COc1ccc([C@@H](C2CCC2)N2CCNCC2)cc1C. The molecule has 1 atom stereocenters. The third-order valence-corrected chi connectivity index (χ3v) is 4.90. The molecule has 1 saturated carbocycles. The summed E-state index contributed by atoms with van der Waals surface area (Å²) in [6.45, 7) is 6.74. The van der Waals surface area contributed by atoms with Crippen LogP contribution in [0.25, 0.3) is 0 Å². The maximum Gasteiger partial charge on any atom is 0.121 e. The van der Waals surface area contributed by atoms with Crippen molar-refractivity contribution in [3.8, 4) is 5.75 Å². The Labute approximate surface area is 122 Å². The minimum Gasteiger partial charge on any atom is -0.496 e. The Kier molecular flexibility index (Phi) is 4.27. The van der Waals surface area contributed by atoms with Crippen molar-refractivity contribution >= 4 is 0 Å². The number of nitrogens with one attached hydrogen (secondary N) is 1. The van der Waals surface area contributed by atoms with Crippen LogP contribution in [0.15, 0.2) is 18.2 Å². The molecule has 1 aromatic rings. The van der Waals surface area contributed by atoms with E-state index in [1.54, 1.807) is 7.11 Å². The van der Waals surface area contributed by atoms with E-state index in [2.05, 4.69) is 35.3 Å². The quantitative estimate of drug-likeness (QED) is 0.913. The first-order chi connectivity index (χ1) is 9.79. The highest BCUT2D eigenvalue weighted by molar-refractivity contribution is 5.37. The molecule has 2 fully saturated rings. The minimum absolute atomic E-state index is 0.607. The van der Waals surface area contributed by atoms with Gasteiger partial charge in [-0.1, -0.05) is 18.6 Å². The van der Waals surface area contributed by atoms with Crippen molar-refractivity contribution in [2.75, 3.05) is 33.3 Å². The summed E-state index contributed by atoms with van der Waals surface area (Å²) in [6, 6.07) is 7.36. The summed E-state index contributed by atoms with van der Waals surface area (Å²) in [4.78, 5) is 2.68. The molecule has 1 aliphatic carbocycles. The first-order valence-electron chi connectivity index (χ1n) is 7.89. The van der Waals surface area contributed by atoms with Gasteiger partial charge < -0.3 is 10.1 Å². The number of benzene rings is 1. The molecule has 0 aromatic heterocycles. The lowest BCUT2D eigenvalue weighted by atomic mass is 9.76. The average molecular weight is 274 g/mol. The fourth-order valence-electron chi connectivity index (χ4n) is 3.58. The van der Waals surface area contributed by atoms with E-state index in [0.29, 0.717) is 6.04 Å². The number of hydrogen-bond donors (Lipinski definition) is 1. The van der Waals surface area contributed by atoms with Gasteiger partial charge in [-0.15, -0.1) is 0 Å². The van der Waals surface area contributed by atoms with Gasteiger partial charge in [-0.2, -0.15) is 0 Å². The van der Waals surface area contributed by atoms with E-state index in [9.17, 15) is 0 Å². The monoisotopic (exact) mass is 274 g/mol. The topological polar surface area (TPSA) is 24.5 Å². The van der Waals surface area contributed by atoms with Gasteiger partial charge in [0.2, 0.25) is 0 Å². The van der Waals surface area contributed by atoms with Crippen LogP contribution in [0, 0.1) is 12.8 Å². The molecule has 1 aromatic carbocycles. The van der Waals surface area contributed by atoms with Crippen molar-refractivity contribution in [1.29, 1.82) is 0 Å². The van der Waals surface area contributed by atoms with Crippen molar-refractivity contribution < 1.29 is 4.74 Å². The third-order valence-electron chi connectivity index (χ3n) is 4.90. The largest absolute Gasteiger partial charge is 0.496 e. The molecule has 3 rings (SSSR count). The van der Waals surface area contributed by atoms with Crippen LogP contribution in [0.2, 0.25) is 0 Å². The normalized spacial score (nSPS) is 22.3. The molecule has 1 N–H and O–H groups in total. The molecule has 2 aliphatic rings. The molecule has 0 unspecified atom stereocenters. The molecule has 20 heavy (non-hydrogen) atoms. The van der Waals surface area contributed by atoms with E-state index < -0.39 is 0 Å². The highest BCUT2D eigenvalue weighted by atomic mass is 16.5. The fraction of sp³-hybridized carbons (Fsp3) is 0.647. The Bertz CT molecular complexity index is 450. The lowest BCUT2D eigenvalue weighted by molar-refractivity contribution is 0.0836. The highest BCUT2D eigenvalue weighted by Crippen LogP contribution is 2.42. The summed E-state index contributed by atoms with van der Waals surface area (Å²) in [5.74, 6) is 1.85. The predicted molar refractivity (Wildman–Crippen MR) is 82.3 cm³/mol. The summed E-state index contributed by atoms with van der Waals surface area (Å²) < 4.78 is 5.40. The number of nitrogens with zero attached hydrogens (tertiary/aromatic N) is 1. The van der Waals surface area contributed by atoms with Crippen LogP contribution in [0.4, 0.5) is 0 Å². The number of piperazine rings is 1. The van der Waals surface area contributed by atoms with Crippen LogP contribution >= 0.6 is 0 Å². The second kappa shape index (κ2) is 6.15. The molecule has 0 spiro atoms. The zero-order chi connectivity index (χ0) is 13.9. The molecule has 1 aliphatic heterocycles. The van der Waals surface area contributed by atoms with Crippen molar-refractivity contribution in [3.05, 3.63) is 29.3 Å². The zero-order valence-corrected chi connectivity index (χ0v) is 12.7. The van der Waals surface area contributed by atoms with E-state index in [0.717, 1.165) is 24.8 Å². The van der Waals surface area contributed by atoms with E-state index in [-0.39, 0.29) is 0 Å². The second-order valence-electron chi connectivity index (χ2n) is 6.15. The fourth-order valence-corrected chi connectivity index (χ4v) is 3.58. The maximum atomic E-state index is 5.40. The predicted octanol–water partition coefficient (Wildman–Crippen LogP) is 2.75. The van der Waals surface area contributed by atoms with Gasteiger partial charge in [-0.25, -0.2) is 0 Å². The molecule has 0 radical (unpaired) electrons. The van der Waals surface area contributed by atoms with E-state index >= 15 is 0 Å². The van der Waals surface area contributed by atoms with Gasteiger partial charge >= 0.3 is 0 Å². The number of ether oxygens (including phenoxy) is 1. The van der Waals surface area contributed by atoms with Gasteiger partial charge in [0, 0.05) is 32.2 Å². The lowest BCUT2D eigenvalue weighted by Crippen LogP contribution is -2.47. The summed E-state index contributed by atoms with van der Waals surface area (Å²) in [5.41, 5.74) is 2.74. The standard InChI is InChI=1S/C17H26N2O/c1-13-12-15(6-7-16(13)20-2)17(14-4-3-5-14)19-10-8-18-9-11-19/h6-7,12,14,17-18H,3-5,8-11H2,1-2H3/t17-/m1/s1. The Hall–Kier alpha value is -1.06. The summed E-state index contributed by atoms with van der Waals surface area (Å²) in [7, 11) is 1.75. The summed E-state index contributed by atoms with van der Waals surface area (Å²) in [6.07, 6.45) is 4.18. The molecular weight excluding hydrogens is 248 g/mol. The second-order valence-corrected chi connectivity index (χ2v) is 6.15. The van der Waals surface area contributed by atoms with Crippen LogP contribution in [-0.4, -0.2) is 38.2 Å². The Morgan fingerprint density at radius 3 is 2.55 bits per heavy atom. The molecule has 3 nitrogen and oxygen atoms in total. The van der Waals surface area contributed by atoms with Crippen LogP contribution in [0.5, 0.6) is 5.75 Å². The van der Waals surface area contributed by atoms with Gasteiger partial charge in [0.15, 0.2) is 0 Å². The zero-order valence-electron chi connectivity index (χ0n) is 12.7. The first kappa shape index (κ1) is 13.9. The molecular formula is C17H26N2O. The van der Waals surface area contributed by atoms with Crippen LogP contribution in [-0.2, 0) is 0 Å². The molecule has 0 bridgehead atoms. The summed E-state index contributed by atoms with van der Waals surface area (Å²) in [5, 5.41) is 3.46. The number of methoxy groups -OCH3 is 1. The molecule has 1 saturated heterocycles. The average Bonchev–Trinajstić information content (AvgIpc) is 2.43. The number of rotatable bonds is 4. The number of aryl methyl sites for hydroxylation is 1. The smallest absolute Gasteiger partial charge is 0.121 e. The Morgan fingerprint density at radius 2 is 2.00 bits per heavy atom. The van der Waals surface area contributed by atoms with Gasteiger partial charge in [-0.3, -0.25) is 4.90 Å². The minimum atomic E-state index is 0.607. The molecule has 110 valence electrons. The van der Waals surface area contributed by atoms with Crippen LogP contribution < -0.4 is 10.1 Å². The molecule has 3 heteroatoms. The Balaban J connectivity index is 1.85. The van der Waals surface area contributed by atoms with Crippen LogP contribution in [0.3, 0.4) is 0 Å². The van der Waals surface area contributed by atoms with E-state index in [1.807, 2.05) is 0 Å². The van der Waals surface area contributed by atoms with Gasteiger partial charge in [0.1, 0.15) is 5.75 Å².